The molecule has 4 nitrogen and oxygen atoms in total. The maximum atomic E-state index is 11.0. The number of hydrogen-bond acceptors (Lipinski definition) is 3. The standard InChI is InChI=1S/C16H27ClN2O2/c1-9(2)12-11(14(17)19(7)18-12)13(20)10-8-15(3,4)21-16(10,5)6/h9-10,13,20H,8H2,1-7H3. The van der Waals surface area contributed by atoms with Gasteiger partial charge in [-0.05, 0) is 40.0 Å². The molecule has 1 saturated heterocycles. The third kappa shape index (κ3) is 2.99. The van der Waals surface area contributed by atoms with Gasteiger partial charge in [0, 0.05) is 18.5 Å². The molecule has 2 unspecified atom stereocenters. The average Bonchev–Trinajstić information content (AvgIpc) is 2.72. The fourth-order valence-corrected chi connectivity index (χ4v) is 3.78. The Hall–Kier alpha value is -0.580. The summed E-state index contributed by atoms with van der Waals surface area (Å²) >= 11 is 6.40. The highest BCUT2D eigenvalue weighted by molar-refractivity contribution is 6.30. The number of halogens is 1. The summed E-state index contributed by atoms with van der Waals surface area (Å²) in [5, 5.41) is 16.0. The van der Waals surface area contributed by atoms with Crippen molar-refractivity contribution in [1.82, 2.24) is 9.78 Å². The Morgan fingerprint density at radius 2 is 1.90 bits per heavy atom. The van der Waals surface area contributed by atoms with Crippen molar-refractivity contribution >= 4 is 11.6 Å². The Bertz CT molecular complexity index is 535. The van der Waals surface area contributed by atoms with Gasteiger partial charge in [0.15, 0.2) is 0 Å². The van der Waals surface area contributed by atoms with E-state index in [1.54, 1.807) is 4.68 Å². The first-order valence-electron chi connectivity index (χ1n) is 7.57. The van der Waals surface area contributed by atoms with Gasteiger partial charge in [0.05, 0.1) is 23.0 Å². The summed E-state index contributed by atoms with van der Waals surface area (Å²) in [5.74, 6) is 0.207. The van der Waals surface area contributed by atoms with Crippen LogP contribution < -0.4 is 0 Å². The van der Waals surface area contributed by atoms with Crippen molar-refractivity contribution in [2.45, 2.75) is 71.2 Å². The van der Waals surface area contributed by atoms with E-state index in [9.17, 15) is 5.11 Å². The summed E-state index contributed by atoms with van der Waals surface area (Å²) in [7, 11) is 1.81. The molecule has 0 spiro atoms. The lowest BCUT2D eigenvalue weighted by Gasteiger charge is -2.30. The second-order valence-corrected chi connectivity index (χ2v) is 7.95. The highest BCUT2D eigenvalue weighted by Gasteiger charge is 2.50. The molecule has 2 heterocycles. The molecule has 0 amide bonds. The fraction of sp³-hybridized carbons (Fsp3) is 0.812. The van der Waals surface area contributed by atoms with E-state index in [-0.39, 0.29) is 17.4 Å². The molecule has 1 N–H and O–H groups in total. The minimum atomic E-state index is -0.666. The van der Waals surface area contributed by atoms with Crippen LogP contribution in [0.1, 0.15) is 71.2 Å². The van der Waals surface area contributed by atoms with Crippen LogP contribution in [0.3, 0.4) is 0 Å². The topological polar surface area (TPSA) is 47.3 Å². The predicted octanol–water partition coefficient (Wildman–Crippen LogP) is 3.82. The van der Waals surface area contributed by atoms with Crippen LogP contribution in [0, 0.1) is 5.92 Å². The quantitative estimate of drug-likeness (QED) is 0.922. The number of aryl methyl sites for hydroxylation is 1. The van der Waals surface area contributed by atoms with Crippen molar-refractivity contribution in [3.63, 3.8) is 0 Å². The number of hydrogen-bond donors (Lipinski definition) is 1. The Kier molecular flexibility index (Phi) is 4.20. The zero-order valence-corrected chi connectivity index (χ0v) is 14.8. The van der Waals surface area contributed by atoms with Crippen molar-refractivity contribution in [1.29, 1.82) is 0 Å². The second-order valence-electron chi connectivity index (χ2n) is 7.59. The lowest BCUT2D eigenvalue weighted by molar-refractivity contribution is -0.0881. The second kappa shape index (κ2) is 5.25. The number of nitrogens with zero attached hydrogens (tertiary/aromatic N) is 2. The molecular weight excluding hydrogens is 288 g/mol. The van der Waals surface area contributed by atoms with E-state index in [2.05, 4.69) is 32.8 Å². The maximum absolute atomic E-state index is 11.0. The molecule has 120 valence electrons. The van der Waals surface area contributed by atoms with Gasteiger partial charge in [-0.2, -0.15) is 5.10 Å². The molecule has 1 fully saturated rings. The minimum Gasteiger partial charge on any atom is -0.388 e. The molecule has 0 aliphatic carbocycles. The molecule has 1 aromatic rings. The van der Waals surface area contributed by atoms with E-state index in [1.807, 2.05) is 20.9 Å². The van der Waals surface area contributed by atoms with E-state index in [0.717, 1.165) is 17.7 Å². The molecule has 2 atom stereocenters. The first-order valence-corrected chi connectivity index (χ1v) is 7.94. The SMILES string of the molecule is CC(C)c1nn(C)c(Cl)c1C(O)C1CC(C)(C)OC1(C)C. The van der Waals surface area contributed by atoms with Gasteiger partial charge in [0.2, 0.25) is 0 Å². The van der Waals surface area contributed by atoms with Crippen LogP contribution in [0.2, 0.25) is 5.15 Å². The number of aromatic nitrogens is 2. The van der Waals surface area contributed by atoms with Gasteiger partial charge in [0.1, 0.15) is 5.15 Å². The molecule has 0 radical (unpaired) electrons. The maximum Gasteiger partial charge on any atom is 0.132 e. The third-order valence-corrected chi connectivity index (χ3v) is 4.86. The van der Waals surface area contributed by atoms with Gasteiger partial charge >= 0.3 is 0 Å². The molecule has 1 aliphatic rings. The zero-order valence-electron chi connectivity index (χ0n) is 14.1. The highest BCUT2D eigenvalue weighted by Crippen LogP contribution is 2.49. The average molecular weight is 315 g/mol. The summed E-state index contributed by atoms with van der Waals surface area (Å²) in [6.07, 6.45) is 0.129. The van der Waals surface area contributed by atoms with Crippen molar-refractivity contribution in [3.05, 3.63) is 16.4 Å². The molecule has 5 heteroatoms. The van der Waals surface area contributed by atoms with Crippen LogP contribution >= 0.6 is 11.6 Å². The summed E-state index contributed by atoms with van der Waals surface area (Å²) < 4.78 is 7.75. The van der Waals surface area contributed by atoms with Crippen molar-refractivity contribution in [3.8, 4) is 0 Å². The summed E-state index contributed by atoms with van der Waals surface area (Å²) in [4.78, 5) is 0. The van der Waals surface area contributed by atoms with E-state index in [0.29, 0.717) is 5.15 Å². The largest absolute Gasteiger partial charge is 0.388 e. The molecule has 1 aliphatic heterocycles. The monoisotopic (exact) mass is 314 g/mol. The van der Waals surface area contributed by atoms with Gasteiger partial charge in [-0.25, -0.2) is 0 Å². The molecule has 0 saturated carbocycles. The third-order valence-electron chi connectivity index (χ3n) is 4.41. The van der Waals surface area contributed by atoms with Gasteiger partial charge in [0.25, 0.3) is 0 Å². The summed E-state index contributed by atoms with van der Waals surface area (Å²) in [5.41, 5.74) is 1.00. The van der Waals surface area contributed by atoms with E-state index >= 15 is 0 Å². The van der Waals surface area contributed by atoms with Crippen LogP contribution in [-0.4, -0.2) is 26.1 Å². The van der Waals surface area contributed by atoms with E-state index in [1.165, 1.54) is 0 Å². The molecule has 0 aromatic carbocycles. The summed E-state index contributed by atoms with van der Waals surface area (Å²) in [6.45, 7) is 12.3. The molecular formula is C16H27ClN2O2. The molecule has 0 bridgehead atoms. The Morgan fingerprint density at radius 1 is 1.33 bits per heavy atom. The van der Waals surface area contributed by atoms with Gasteiger partial charge in [-0.3, -0.25) is 4.68 Å². The highest BCUT2D eigenvalue weighted by atomic mass is 35.5. The van der Waals surface area contributed by atoms with Gasteiger partial charge in [-0.15, -0.1) is 0 Å². The first kappa shape index (κ1) is 16.8. The smallest absolute Gasteiger partial charge is 0.132 e. The fourth-order valence-electron chi connectivity index (χ4n) is 3.54. The van der Waals surface area contributed by atoms with Gasteiger partial charge < -0.3 is 9.84 Å². The first-order chi connectivity index (χ1) is 9.46. The Balaban J connectivity index is 2.43. The zero-order chi connectivity index (χ0) is 16.2. The van der Waals surface area contributed by atoms with Crippen LogP contribution in [0.5, 0.6) is 0 Å². The number of aliphatic hydroxyl groups is 1. The predicted molar refractivity (Wildman–Crippen MR) is 84.6 cm³/mol. The number of aliphatic hydroxyl groups excluding tert-OH is 1. The Labute approximate surface area is 132 Å². The van der Waals surface area contributed by atoms with Crippen molar-refractivity contribution in [2.75, 3.05) is 0 Å². The number of rotatable bonds is 3. The van der Waals surface area contributed by atoms with E-state index < -0.39 is 11.7 Å². The van der Waals surface area contributed by atoms with Crippen molar-refractivity contribution < 1.29 is 9.84 Å². The normalized spacial score (nSPS) is 25.5. The van der Waals surface area contributed by atoms with Gasteiger partial charge in [-0.1, -0.05) is 25.4 Å². The van der Waals surface area contributed by atoms with Crippen LogP contribution in [0.4, 0.5) is 0 Å². The summed E-state index contributed by atoms with van der Waals surface area (Å²) in [6, 6.07) is 0. The van der Waals surface area contributed by atoms with Crippen LogP contribution in [0.25, 0.3) is 0 Å². The Morgan fingerprint density at radius 3 is 2.33 bits per heavy atom. The molecule has 2 rings (SSSR count). The van der Waals surface area contributed by atoms with Crippen molar-refractivity contribution in [2.24, 2.45) is 13.0 Å². The van der Waals surface area contributed by atoms with E-state index in [4.69, 9.17) is 16.3 Å². The van der Waals surface area contributed by atoms with Crippen LogP contribution in [0.15, 0.2) is 0 Å². The van der Waals surface area contributed by atoms with Crippen LogP contribution in [-0.2, 0) is 11.8 Å². The molecule has 1 aromatic heterocycles. The lowest BCUT2D eigenvalue weighted by Crippen LogP contribution is -2.33. The minimum absolute atomic E-state index is 0.00769. The number of ether oxygens (including phenoxy) is 1. The molecule has 21 heavy (non-hydrogen) atoms. The lowest BCUT2D eigenvalue weighted by atomic mass is 9.80.